The zero-order valence-corrected chi connectivity index (χ0v) is 10.0. The Morgan fingerprint density at radius 1 is 1.36 bits per heavy atom. The standard InChI is InChI=1S/C2H5Cl.Mg.H4O5P2/c1-2-3;;1-6(2)5-7(3)4/h2H2,1H3;;6-7H,(H,1,2)(H,3,4)/q;+2;/p-2. The third-order valence-corrected chi connectivity index (χ3v) is 1.50. The molecule has 0 aliphatic carbocycles. The minimum absolute atomic E-state index is 0. The molecule has 0 aromatic heterocycles. The van der Waals surface area contributed by atoms with E-state index in [2.05, 4.69) is 4.31 Å². The largest absolute Gasteiger partial charge is 2.00 e. The maximum atomic E-state index is 9.29. The Balaban J connectivity index is -0.000000140. The first-order chi connectivity index (χ1) is 4.54. The van der Waals surface area contributed by atoms with Gasteiger partial charge in [-0.1, -0.05) is 6.92 Å². The molecule has 0 aromatic carbocycles. The van der Waals surface area contributed by atoms with E-state index in [4.69, 9.17) is 11.6 Å². The molecule has 0 radical (unpaired) electrons. The van der Waals surface area contributed by atoms with E-state index in [1.54, 1.807) is 0 Å². The van der Waals surface area contributed by atoms with Crippen molar-refractivity contribution in [1.29, 1.82) is 0 Å². The molecule has 11 heavy (non-hydrogen) atoms. The molecule has 0 heterocycles. The van der Waals surface area contributed by atoms with Crippen LogP contribution in [0.1, 0.15) is 6.92 Å². The second-order valence-electron chi connectivity index (χ2n) is 0.869. The minimum Gasteiger partial charge on any atom is -0.781 e. The van der Waals surface area contributed by atoms with Crippen LogP contribution in [0.4, 0.5) is 0 Å². The van der Waals surface area contributed by atoms with Crippen molar-refractivity contribution >= 4 is 51.2 Å². The first kappa shape index (κ1) is 18.2. The predicted molar refractivity (Wildman–Crippen MR) is 41.2 cm³/mol. The molecule has 5 nitrogen and oxygen atoms in total. The van der Waals surface area contributed by atoms with Crippen molar-refractivity contribution in [1.82, 2.24) is 0 Å². The molecule has 0 amide bonds. The van der Waals surface area contributed by atoms with Gasteiger partial charge in [-0.15, -0.1) is 11.6 Å². The third kappa shape index (κ3) is 34.6. The third-order valence-electron chi connectivity index (χ3n) is 0.167. The van der Waals surface area contributed by atoms with E-state index in [1.165, 1.54) is 0 Å². The van der Waals surface area contributed by atoms with Crippen molar-refractivity contribution in [2.45, 2.75) is 6.92 Å². The van der Waals surface area contributed by atoms with Gasteiger partial charge in [0, 0.05) is 5.88 Å². The zero-order valence-electron chi connectivity index (χ0n) is 5.83. The average Bonchev–Trinajstić information content (AvgIpc) is 1.62. The van der Waals surface area contributed by atoms with Gasteiger partial charge in [0.1, 0.15) is 16.5 Å². The SMILES string of the molecule is CCCl.O=[PH]([O-])O[PH](=O)[O-].[Mg+2]. The van der Waals surface area contributed by atoms with Gasteiger partial charge < -0.3 is 18.9 Å². The van der Waals surface area contributed by atoms with Crippen LogP contribution in [0.15, 0.2) is 0 Å². The molecule has 0 aromatic rings. The van der Waals surface area contributed by atoms with Crippen molar-refractivity contribution in [3.63, 3.8) is 0 Å². The molecule has 0 saturated heterocycles. The molecule has 2 atom stereocenters. The number of rotatable bonds is 2. The molecule has 64 valence electrons. The van der Waals surface area contributed by atoms with E-state index in [1.807, 2.05) is 6.92 Å². The molecule has 0 saturated carbocycles. The Morgan fingerprint density at radius 3 is 1.55 bits per heavy atom. The fourth-order valence-corrected chi connectivity index (χ4v) is 0.612. The van der Waals surface area contributed by atoms with Crippen LogP contribution in [0.3, 0.4) is 0 Å². The summed E-state index contributed by atoms with van der Waals surface area (Å²) in [4.78, 5) is 18.6. The van der Waals surface area contributed by atoms with Crippen LogP contribution in [-0.2, 0) is 13.4 Å². The molecule has 9 heteroatoms. The topological polar surface area (TPSA) is 89.5 Å². The Kier molecular flexibility index (Phi) is 23.1. The van der Waals surface area contributed by atoms with Gasteiger partial charge in [0.05, 0.1) is 0 Å². The molecular weight excluding hydrogens is 226 g/mol. The average molecular weight is 233 g/mol. The second-order valence-corrected chi connectivity index (χ2v) is 3.22. The van der Waals surface area contributed by atoms with Gasteiger partial charge in [-0.25, -0.2) is 0 Å². The maximum absolute atomic E-state index is 9.29. The predicted octanol–water partition coefficient (Wildman–Crippen LogP) is -0.633. The van der Waals surface area contributed by atoms with E-state index in [0.29, 0.717) is 0 Å². The summed E-state index contributed by atoms with van der Waals surface area (Å²) >= 11 is 5.00. The smallest absolute Gasteiger partial charge is 0.781 e. The van der Waals surface area contributed by atoms with E-state index in [0.717, 1.165) is 5.88 Å². The van der Waals surface area contributed by atoms with Gasteiger partial charge in [0.2, 0.25) is 0 Å². The van der Waals surface area contributed by atoms with Crippen molar-refractivity contribution in [3.8, 4) is 0 Å². The summed E-state index contributed by atoms with van der Waals surface area (Å²) < 4.78 is 21.8. The van der Waals surface area contributed by atoms with Crippen LogP contribution in [0.5, 0.6) is 0 Å². The number of hydrogen-bond donors (Lipinski definition) is 0. The molecule has 0 bridgehead atoms. The summed E-state index contributed by atoms with van der Waals surface area (Å²) in [5.74, 6) is 0.722. The molecule has 0 N–H and O–H groups in total. The van der Waals surface area contributed by atoms with Crippen molar-refractivity contribution < 1.29 is 23.2 Å². The summed E-state index contributed by atoms with van der Waals surface area (Å²) in [7, 11) is -7.03. The number of alkyl halides is 1. The van der Waals surface area contributed by atoms with Crippen LogP contribution >= 0.6 is 28.1 Å². The van der Waals surface area contributed by atoms with E-state index in [9.17, 15) is 18.9 Å². The molecule has 0 aliphatic rings. The van der Waals surface area contributed by atoms with Crippen LogP contribution in [0, 0.1) is 0 Å². The van der Waals surface area contributed by atoms with Crippen LogP contribution < -0.4 is 9.79 Å². The summed E-state index contributed by atoms with van der Waals surface area (Å²) in [6, 6.07) is 0. The summed E-state index contributed by atoms with van der Waals surface area (Å²) in [6.45, 7) is 1.89. The molecule has 0 fully saturated rings. The first-order valence-corrected chi connectivity index (χ1v) is 5.18. The number of halogens is 1. The van der Waals surface area contributed by atoms with Gasteiger partial charge in [0.15, 0.2) is 0 Å². The normalized spacial score (nSPS) is 13.5. The van der Waals surface area contributed by atoms with Crippen LogP contribution in [-0.4, -0.2) is 28.9 Å². The van der Waals surface area contributed by atoms with Gasteiger partial charge in [0.25, 0.3) is 0 Å². The zero-order chi connectivity index (χ0) is 8.57. The fraction of sp³-hybridized carbons (Fsp3) is 1.00. The number of hydrogen-bond acceptors (Lipinski definition) is 5. The maximum Gasteiger partial charge on any atom is 2.00 e. The molecule has 0 spiro atoms. The molecule has 0 rings (SSSR count). The molecule has 0 aliphatic heterocycles. The Hall–Kier alpha value is 1.40. The van der Waals surface area contributed by atoms with Crippen molar-refractivity contribution in [2.75, 3.05) is 5.88 Å². The van der Waals surface area contributed by atoms with Gasteiger partial charge >= 0.3 is 23.1 Å². The Bertz CT molecular complexity index is 109. The van der Waals surface area contributed by atoms with Crippen molar-refractivity contribution in [3.05, 3.63) is 0 Å². The van der Waals surface area contributed by atoms with E-state index < -0.39 is 16.5 Å². The van der Waals surface area contributed by atoms with Gasteiger partial charge in [-0.05, 0) is 0 Å². The van der Waals surface area contributed by atoms with Gasteiger partial charge in [-0.3, -0.25) is 4.31 Å². The van der Waals surface area contributed by atoms with Crippen LogP contribution in [0.25, 0.3) is 0 Å². The fourth-order valence-electron chi connectivity index (χ4n) is 0.0680. The summed E-state index contributed by atoms with van der Waals surface area (Å²) in [5.41, 5.74) is 0. The van der Waals surface area contributed by atoms with Crippen LogP contribution in [0.2, 0.25) is 0 Å². The molecule has 2 unspecified atom stereocenters. The Morgan fingerprint density at radius 2 is 1.55 bits per heavy atom. The quantitative estimate of drug-likeness (QED) is 0.359. The summed E-state index contributed by atoms with van der Waals surface area (Å²) in [6.07, 6.45) is 0. The van der Waals surface area contributed by atoms with Gasteiger partial charge in [-0.2, -0.15) is 0 Å². The minimum atomic E-state index is -3.51. The first-order valence-electron chi connectivity index (χ1n) is 2.20. The molecular formula is C2H7ClMgO5P2. The second kappa shape index (κ2) is 14.0. The summed E-state index contributed by atoms with van der Waals surface area (Å²) in [5, 5.41) is 0. The van der Waals surface area contributed by atoms with E-state index >= 15 is 0 Å². The monoisotopic (exact) mass is 232 g/mol. The Labute approximate surface area is 87.1 Å². The van der Waals surface area contributed by atoms with E-state index in [-0.39, 0.29) is 23.1 Å². The van der Waals surface area contributed by atoms with Crippen molar-refractivity contribution in [2.24, 2.45) is 0 Å².